The monoisotopic (exact) mass is 583 g/mol. The number of fused-ring (bicyclic) bond motifs is 1. The fourth-order valence-corrected chi connectivity index (χ4v) is 5.94. The maximum Gasteiger partial charge on any atom is 0.220 e. The molecule has 0 aromatic heterocycles. The third-order valence-corrected chi connectivity index (χ3v) is 8.39. The lowest BCUT2D eigenvalue weighted by atomic mass is 9.81. The second-order valence-corrected chi connectivity index (χ2v) is 11.3. The second kappa shape index (κ2) is 16.8. The molecule has 4 rings (SSSR count). The van der Waals surface area contributed by atoms with Crippen molar-refractivity contribution >= 4 is 11.6 Å². The van der Waals surface area contributed by atoms with Gasteiger partial charge in [-0.25, -0.2) is 0 Å². The number of nitrogens with zero attached hydrogens (tertiary/aromatic N) is 1. The quantitative estimate of drug-likeness (QED) is 0.269. The minimum Gasteiger partial charge on any atom is -0.490 e. The van der Waals surface area contributed by atoms with Crippen molar-refractivity contribution in [3.8, 4) is 5.75 Å². The van der Waals surface area contributed by atoms with E-state index in [0.29, 0.717) is 39.6 Å². The van der Waals surface area contributed by atoms with Gasteiger partial charge in [-0.1, -0.05) is 37.3 Å². The summed E-state index contributed by atoms with van der Waals surface area (Å²) in [5.41, 5.74) is 10.3. The Balaban J connectivity index is 1.45. The van der Waals surface area contributed by atoms with Crippen LogP contribution in [0.15, 0.2) is 42.5 Å². The summed E-state index contributed by atoms with van der Waals surface area (Å²) in [5.74, 6) is 0.766. The first-order chi connectivity index (χ1) is 20.5. The van der Waals surface area contributed by atoms with Crippen molar-refractivity contribution in [1.29, 1.82) is 0 Å². The van der Waals surface area contributed by atoms with Crippen LogP contribution in [0.2, 0.25) is 0 Å². The number of anilines is 1. The van der Waals surface area contributed by atoms with Gasteiger partial charge in [0.25, 0.3) is 0 Å². The fraction of sp³-hybridized carbons (Fsp3) is 0.606. The van der Waals surface area contributed by atoms with E-state index in [1.807, 2.05) is 6.92 Å². The number of piperidine rings is 1. The SMILES string of the molecule is CC[C@H](C[C@@H]1C[C@H](c2ccc(COCCOC)cc2)[C@@H](OCc2ccc3c(c2)N(CCCOC)CCO3)CN1)C(N)=O. The summed E-state index contributed by atoms with van der Waals surface area (Å²) in [4.78, 5) is 14.3. The molecule has 0 saturated carbocycles. The van der Waals surface area contributed by atoms with E-state index < -0.39 is 0 Å². The number of hydrogen-bond donors (Lipinski definition) is 2. The highest BCUT2D eigenvalue weighted by Crippen LogP contribution is 2.35. The number of hydrogen-bond acceptors (Lipinski definition) is 8. The second-order valence-electron chi connectivity index (χ2n) is 11.3. The molecule has 0 unspecified atom stereocenters. The van der Waals surface area contributed by atoms with Crippen LogP contribution < -0.4 is 20.7 Å². The fourth-order valence-electron chi connectivity index (χ4n) is 5.94. The summed E-state index contributed by atoms with van der Waals surface area (Å²) < 4.78 is 28.6. The topological polar surface area (TPSA) is 105 Å². The maximum absolute atomic E-state index is 12.0. The largest absolute Gasteiger partial charge is 0.490 e. The average molecular weight is 584 g/mol. The van der Waals surface area contributed by atoms with E-state index in [2.05, 4.69) is 52.7 Å². The lowest BCUT2D eigenvalue weighted by molar-refractivity contribution is -0.122. The Morgan fingerprint density at radius 1 is 1.07 bits per heavy atom. The molecular formula is C33H49N3O6. The predicted octanol–water partition coefficient (Wildman–Crippen LogP) is 4.02. The van der Waals surface area contributed by atoms with E-state index in [4.69, 9.17) is 29.4 Å². The molecule has 2 heterocycles. The van der Waals surface area contributed by atoms with E-state index in [1.165, 1.54) is 5.56 Å². The van der Waals surface area contributed by atoms with Crippen molar-refractivity contribution in [1.82, 2.24) is 5.32 Å². The first kappa shape index (κ1) is 32.2. The number of nitrogens with two attached hydrogens (primary N) is 1. The van der Waals surface area contributed by atoms with Crippen molar-refractivity contribution in [2.75, 3.05) is 65.2 Å². The van der Waals surface area contributed by atoms with E-state index in [0.717, 1.165) is 67.9 Å². The number of carbonyl (C=O) groups excluding carboxylic acids is 1. The number of carbonyl (C=O) groups is 1. The van der Waals surface area contributed by atoms with Crippen molar-refractivity contribution in [3.05, 3.63) is 59.2 Å². The van der Waals surface area contributed by atoms with Gasteiger partial charge in [-0.2, -0.15) is 0 Å². The number of primary amides is 1. The van der Waals surface area contributed by atoms with Gasteiger partial charge in [-0.15, -0.1) is 0 Å². The van der Waals surface area contributed by atoms with Crippen LogP contribution in [0.1, 0.15) is 55.2 Å². The number of nitrogens with one attached hydrogen (secondary N) is 1. The molecule has 0 aliphatic carbocycles. The van der Waals surface area contributed by atoms with Crippen molar-refractivity contribution in [3.63, 3.8) is 0 Å². The molecule has 2 aliphatic rings. The first-order valence-electron chi connectivity index (χ1n) is 15.3. The standard InChI is InChI=1S/C33H49N3O6/c1-4-26(33(34)37)19-28-20-29(27-9-6-24(7-10-27)22-40-17-16-39-3)32(21-35-28)42-23-25-8-11-31-30(18-25)36(13-15-41-31)12-5-14-38-2/h6-11,18,26,28-29,32,35H,4-5,12-17,19-23H2,1-3H3,(H2,34,37)/t26-,28-,29-,32+/m1/s1. The van der Waals surface area contributed by atoms with Crippen LogP contribution in [-0.4, -0.2) is 78.3 Å². The molecule has 9 heteroatoms. The van der Waals surface area contributed by atoms with Crippen molar-refractivity contribution in [2.24, 2.45) is 11.7 Å². The molecule has 0 spiro atoms. The van der Waals surface area contributed by atoms with E-state index >= 15 is 0 Å². The van der Waals surface area contributed by atoms with Gasteiger partial charge in [0.2, 0.25) is 5.91 Å². The zero-order valence-electron chi connectivity index (χ0n) is 25.5. The molecule has 1 amide bonds. The number of benzene rings is 2. The third-order valence-electron chi connectivity index (χ3n) is 8.39. The molecular weight excluding hydrogens is 534 g/mol. The third kappa shape index (κ3) is 9.15. The smallest absolute Gasteiger partial charge is 0.220 e. The maximum atomic E-state index is 12.0. The lowest BCUT2D eigenvalue weighted by Crippen LogP contribution is -2.48. The first-order valence-corrected chi connectivity index (χ1v) is 15.3. The van der Waals surface area contributed by atoms with E-state index in [9.17, 15) is 4.79 Å². The summed E-state index contributed by atoms with van der Waals surface area (Å²) in [6.07, 6.45) is 3.33. The normalized spacial score (nSPS) is 21.0. The van der Waals surface area contributed by atoms with Crippen LogP contribution in [0.4, 0.5) is 5.69 Å². The number of methoxy groups -OCH3 is 2. The van der Waals surface area contributed by atoms with Crippen LogP contribution in [0, 0.1) is 5.92 Å². The Morgan fingerprint density at radius 2 is 1.86 bits per heavy atom. The molecule has 42 heavy (non-hydrogen) atoms. The molecule has 232 valence electrons. The number of ether oxygens (including phenoxy) is 5. The molecule has 2 aliphatic heterocycles. The number of amides is 1. The predicted molar refractivity (Wildman–Crippen MR) is 164 cm³/mol. The van der Waals surface area contributed by atoms with Crippen LogP contribution in [-0.2, 0) is 37.0 Å². The molecule has 2 aromatic carbocycles. The molecule has 2 aromatic rings. The average Bonchev–Trinajstić information content (AvgIpc) is 3.01. The van der Waals surface area contributed by atoms with E-state index in [-0.39, 0.29) is 29.9 Å². The Hall–Kier alpha value is -2.69. The summed E-state index contributed by atoms with van der Waals surface area (Å²) in [6, 6.07) is 15.2. The molecule has 0 bridgehead atoms. The van der Waals surface area contributed by atoms with Gasteiger partial charge in [0.05, 0.1) is 44.8 Å². The molecule has 1 fully saturated rings. The summed E-state index contributed by atoms with van der Waals surface area (Å²) in [6.45, 7) is 8.20. The van der Waals surface area contributed by atoms with Gasteiger partial charge in [0.1, 0.15) is 12.4 Å². The van der Waals surface area contributed by atoms with Crippen LogP contribution in [0.5, 0.6) is 5.75 Å². The van der Waals surface area contributed by atoms with Crippen LogP contribution in [0.25, 0.3) is 0 Å². The molecule has 3 N–H and O–H groups in total. The van der Waals surface area contributed by atoms with Crippen molar-refractivity contribution < 1.29 is 28.5 Å². The number of rotatable bonds is 17. The van der Waals surface area contributed by atoms with Gasteiger partial charge in [0.15, 0.2) is 0 Å². The van der Waals surface area contributed by atoms with Crippen LogP contribution >= 0.6 is 0 Å². The van der Waals surface area contributed by atoms with Gasteiger partial charge in [-0.3, -0.25) is 4.79 Å². The highest BCUT2D eigenvalue weighted by molar-refractivity contribution is 5.76. The van der Waals surface area contributed by atoms with Crippen LogP contribution in [0.3, 0.4) is 0 Å². The summed E-state index contributed by atoms with van der Waals surface area (Å²) >= 11 is 0. The van der Waals surface area contributed by atoms with Gasteiger partial charge >= 0.3 is 0 Å². The highest BCUT2D eigenvalue weighted by Gasteiger charge is 2.34. The summed E-state index contributed by atoms with van der Waals surface area (Å²) in [7, 11) is 3.42. The molecule has 0 radical (unpaired) electrons. The zero-order chi connectivity index (χ0) is 29.7. The Bertz CT molecular complexity index is 1100. The minimum absolute atomic E-state index is 0.0104. The molecule has 4 atom stereocenters. The summed E-state index contributed by atoms with van der Waals surface area (Å²) in [5, 5.41) is 3.66. The molecule has 9 nitrogen and oxygen atoms in total. The lowest BCUT2D eigenvalue weighted by Gasteiger charge is -2.38. The van der Waals surface area contributed by atoms with E-state index in [1.54, 1.807) is 14.2 Å². The Morgan fingerprint density at radius 3 is 2.60 bits per heavy atom. The minimum atomic E-state index is -0.222. The zero-order valence-corrected chi connectivity index (χ0v) is 25.5. The van der Waals surface area contributed by atoms with Crippen molar-refractivity contribution in [2.45, 2.75) is 63.9 Å². The molecule has 1 saturated heterocycles. The van der Waals surface area contributed by atoms with Gasteiger partial charge < -0.3 is 39.6 Å². The Labute approximate surface area is 251 Å². The van der Waals surface area contributed by atoms with Gasteiger partial charge in [-0.05, 0) is 54.5 Å². The Kier molecular flexibility index (Phi) is 12.9. The highest BCUT2D eigenvalue weighted by atomic mass is 16.5. The van der Waals surface area contributed by atoms with Gasteiger partial charge in [0, 0.05) is 51.8 Å².